The highest BCUT2D eigenvalue weighted by Crippen LogP contribution is 2.42. The molecule has 1 fully saturated rings. The van der Waals surface area contributed by atoms with Crippen LogP contribution >= 0.6 is 0 Å². The summed E-state index contributed by atoms with van der Waals surface area (Å²) < 4.78 is 22.5. The Morgan fingerprint density at radius 3 is 2.93 bits per heavy atom. The lowest BCUT2D eigenvalue weighted by atomic mass is 10.0. The molecule has 1 atom stereocenters. The molecular weight excluding hydrogens is 348 g/mol. The van der Waals surface area contributed by atoms with Crippen molar-refractivity contribution in [3.05, 3.63) is 29.5 Å². The van der Waals surface area contributed by atoms with Gasteiger partial charge in [0.1, 0.15) is 0 Å². The highest BCUT2D eigenvalue weighted by Gasteiger charge is 2.29. The van der Waals surface area contributed by atoms with Crippen molar-refractivity contribution in [2.45, 2.75) is 38.4 Å². The first kappa shape index (κ1) is 18.1. The average Bonchev–Trinajstić information content (AvgIpc) is 3.30. The summed E-state index contributed by atoms with van der Waals surface area (Å²) in [6, 6.07) is 4.19. The monoisotopic (exact) mass is 374 g/mol. The molecule has 0 saturated carbocycles. The van der Waals surface area contributed by atoms with Crippen molar-refractivity contribution < 1.29 is 18.6 Å². The molecule has 27 heavy (non-hydrogen) atoms. The summed E-state index contributed by atoms with van der Waals surface area (Å²) in [6.45, 7) is 2.65. The van der Waals surface area contributed by atoms with Crippen LogP contribution < -0.4 is 14.2 Å². The number of methoxy groups -OCH3 is 1. The van der Waals surface area contributed by atoms with Gasteiger partial charge in [0, 0.05) is 6.54 Å². The first-order valence-electron chi connectivity index (χ1n) is 9.31. The van der Waals surface area contributed by atoms with E-state index in [4.69, 9.17) is 18.6 Å². The Bertz CT molecular complexity index is 792. The number of hydrogen-bond donors (Lipinski definition) is 0. The fraction of sp³-hybridized carbons (Fsp3) is 0.579. The number of nitrogens with zero attached hydrogens (tertiary/aromatic N) is 4. The second kappa shape index (κ2) is 7.74. The Kier molecular flexibility index (Phi) is 5.18. The molecule has 0 amide bonds. The molecule has 0 spiro atoms. The number of benzene rings is 1. The molecule has 0 bridgehead atoms. The topological polar surface area (TPSA) is 73.1 Å². The van der Waals surface area contributed by atoms with E-state index in [1.54, 1.807) is 7.11 Å². The fourth-order valence-electron chi connectivity index (χ4n) is 3.71. The van der Waals surface area contributed by atoms with E-state index < -0.39 is 0 Å². The Hall–Kier alpha value is -2.32. The second-order valence-corrected chi connectivity index (χ2v) is 7.29. The molecule has 3 heterocycles. The molecule has 1 saturated heterocycles. The first-order valence-corrected chi connectivity index (χ1v) is 9.31. The minimum Gasteiger partial charge on any atom is -0.493 e. The summed E-state index contributed by atoms with van der Waals surface area (Å²) in [5.74, 6) is 3.50. The van der Waals surface area contributed by atoms with E-state index in [9.17, 15) is 0 Å². The highest BCUT2D eigenvalue weighted by atomic mass is 16.7. The zero-order valence-electron chi connectivity index (χ0n) is 16.1. The number of ether oxygens (including phenoxy) is 3. The maximum absolute atomic E-state index is 5.95. The van der Waals surface area contributed by atoms with Gasteiger partial charge in [0.25, 0.3) is 0 Å². The van der Waals surface area contributed by atoms with E-state index in [0.29, 0.717) is 29.8 Å². The molecule has 146 valence electrons. The maximum atomic E-state index is 5.95. The van der Waals surface area contributed by atoms with Crippen LogP contribution in [0.3, 0.4) is 0 Å². The van der Waals surface area contributed by atoms with Crippen LogP contribution in [0, 0.1) is 0 Å². The third kappa shape index (κ3) is 3.86. The van der Waals surface area contributed by atoms with Crippen LogP contribution in [0.25, 0.3) is 0 Å². The van der Waals surface area contributed by atoms with Crippen LogP contribution in [0.2, 0.25) is 0 Å². The quantitative estimate of drug-likeness (QED) is 0.764. The summed E-state index contributed by atoms with van der Waals surface area (Å²) in [4.78, 5) is 4.42. The molecule has 2 aliphatic heterocycles. The predicted octanol–water partition coefficient (Wildman–Crippen LogP) is 2.60. The number of aromatic nitrogens is 2. The van der Waals surface area contributed by atoms with Crippen LogP contribution in [-0.2, 0) is 13.1 Å². The molecule has 0 unspecified atom stereocenters. The van der Waals surface area contributed by atoms with E-state index in [2.05, 4.69) is 15.1 Å². The van der Waals surface area contributed by atoms with Crippen molar-refractivity contribution in [2.75, 3.05) is 34.5 Å². The number of piperidine rings is 1. The summed E-state index contributed by atoms with van der Waals surface area (Å²) in [7, 11) is 5.63. The van der Waals surface area contributed by atoms with E-state index in [0.717, 1.165) is 43.7 Å². The first-order chi connectivity index (χ1) is 13.1. The molecule has 8 heteroatoms. The Morgan fingerprint density at radius 2 is 2.11 bits per heavy atom. The third-order valence-electron chi connectivity index (χ3n) is 4.94. The SMILES string of the molecule is COc1cc(CN2CCCC[C@H]2c2nnc(CN(C)C)o2)cc2c1OCO2. The smallest absolute Gasteiger partial charge is 0.233 e. The number of fused-ring (bicyclic) bond motifs is 1. The van der Waals surface area contributed by atoms with Crippen molar-refractivity contribution in [3.8, 4) is 17.2 Å². The molecule has 0 radical (unpaired) electrons. The van der Waals surface area contributed by atoms with Crippen LogP contribution in [-0.4, -0.2) is 54.5 Å². The van der Waals surface area contributed by atoms with Gasteiger partial charge in [-0.15, -0.1) is 10.2 Å². The van der Waals surface area contributed by atoms with Crippen molar-refractivity contribution in [1.29, 1.82) is 0 Å². The Labute approximate surface area is 159 Å². The van der Waals surface area contributed by atoms with Crippen molar-refractivity contribution in [3.63, 3.8) is 0 Å². The molecular formula is C19H26N4O4. The number of likely N-dealkylation sites (tertiary alicyclic amines) is 1. The highest BCUT2D eigenvalue weighted by molar-refractivity contribution is 5.55. The lowest BCUT2D eigenvalue weighted by Crippen LogP contribution is -2.33. The lowest BCUT2D eigenvalue weighted by Gasteiger charge is -2.33. The Morgan fingerprint density at radius 1 is 1.22 bits per heavy atom. The van der Waals surface area contributed by atoms with Gasteiger partial charge in [0.15, 0.2) is 11.5 Å². The normalized spacial score (nSPS) is 19.6. The van der Waals surface area contributed by atoms with Crippen molar-refractivity contribution in [2.24, 2.45) is 0 Å². The van der Waals surface area contributed by atoms with Gasteiger partial charge in [0.2, 0.25) is 24.3 Å². The number of rotatable bonds is 6. The molecule has 0 aliphatic carbocycles. The average molecular weight is 374 g/mol. The maximum Gasteiger partial charge on any atom is 0.233 e. The van der Waals surface area contributed by atoms with Gasteiger partial charge in [-0.3, -0.25) is 4.90 Å². The molecule has 0 N–H and O–H groups in total. The van der Waals surface area contributed by atoms with Gasteiger partial charge in [-0.05, 0) is 51.2 Å². The molecule has 2 aliphatic rings. The summed E-state index contributed by atoms with van der Waals surface area (Å²) in [5, 5.41) is 8.53. The Balaban J connectivity index is 1.54. The van der Waals surface area contributed by atoms with Gasteiger partial charge in [-0.25, -0.2) is 0 Å². The van der Waals surface area contributed by atoms with E-state index in [1.165, 1.54) is 0 Å². The van der Waals surface area contributed by atoms with Gasteiger partial charge >= 0.3 is 0 Å². The third-order valence-corrected chi connectivity index (χ3v) is 4.94. The van der Waals surface area contributed by atoms with E-state index >= 15 is 0 Å². The standard InChI is InChI=1S/C19H26N4O4/c1-22(2)11-17-20-21-19(27-17)14-6-4-5-7-23(14)10-13-8-15(24-3)18-16(9-13)25-12-26-18/h8-9,14H,4-7,10-12H2,1-3H3/t14-/m0/s1. The van der Waals surface area contributed by atoms with E-state index in [1.807, 2.05) is 31.1 Å². The lowest BCUT2D eigenvalue weighted by molar-refractivity contribution is 0.115. The largest absolute Gasteiger partial charge is 0.493 e. The summed E-state index contributed by atoms with van der Waals surface area (Å²) in [6.07, 6.45) is 3.35. The zero-order valence-corrected chi connectivity index (χ0v) is 16.1. The summed E-state index contributed by atoms with van der Waals surface area (Å²) in [5.41, 5.74) is 1.12. The molecule has 4 rings (SSSR count). The van der Waals surface area contributed by atoms with Crippen LogP contribution in [0.1, 0.15) is 42.6 Å². The van der Waals surface area contributed by atoms with Crippen LogP contribution in [0.15, 0.2) is 16.5 Å². The minimum absolute atomic E-state index is 0.138. The molecule has 1 aromatic heterocycles. The minimum atomic E-state index is 0.138. The van der Waals surface area contributed by atoms with Crippen molar-refractivity contribution in [1.82, 2.24) is 20.0 Å². The van der Waals surface area contributed by atoms with Gasteiger partial charge < -0.3 is 23.5 Å². The zero-order chi connectivity index (χ0) is 18.8. The van der Waals surface area contributed by atoms with Crippen LogP contribution in [0.5, 0.6) is 17.2 Å². The second-order valence-electron chi connectivity index (χ2n) is 7.29. The fourth-order valence-corrected chi connectivity index (χ4v) is 3.71. The molecule has 2 aromatic rings. The van der Waals surface area contributed by atoms with E-state index in [-0.39, 0.29) is 12.8 Å². The van der Waals surface area contributed by atoms with Gasteiger partial charge in [-0.2, -0.15) is 0 Å². The number of hydrogen-bond acceptors (Lipinski definition) is 8. The summed E-state index contributed by atoms with van der Waals surface area (Å²) >= 11 is 0. The van der Waals surface area contributed by atoms with Gasteiger partial charge in [0.05, 0.1) is 19.7 Å². The van der Waals surface area contributed by atoms with Crippen molar-refractivity contribution >= 4 is 0 Å². The predicted molar refractivity (Wildman–Crippen MR) is 97.8 cm³/mol. The molecule has 8 nitrogen and oxygen atoms in total. The van der Waals surface area contributed by atoms with Gasteiger partial charge in [-0.1, -0.05) is 6.42 Å². The van der Waals surface area contributed by atoms with Crippen LogP contribution in [0.4, 0.5) is 0 Å². The molecule has 1 aromatic carbocycles.